The number of aliphatic imine (C=N–C) groups is 1. The number of halogens is 1. The number of carbonyl (C=O) groups is 1. The zero-order chi connectivity index (χ0) is 11.5. The number of nitrogens with zero attached hydrogens (tertiary/aromatic N) is 1. The molecule has 0 N–H and O–H groups in total. The lowest BCUT2D eigenvalue weighted by Gasteiger charge is -2.04. The Morgan fingerprint density at radius 2 is 2.38 bits per heavy atom. The van der Waals surface area contributed by atoms with Crippen molar-refractivity contribution in [2.75, 3.05) is 6.61 Å². The molecule has 1 aromatic rings. The molecule has 0 aromatic heterocycles. The highest BCUT2D eigenvalue weighted by Gasteiger charge is 2.28. The van der Waals surface area contributed by atoms with Crippen molar-refractivity contribution in [2.24, 2.45) is 10.9 Å². The molecule has 1 unspecified atom stereocenters. The summed E-state index contributed by atoms with van der Waals surface area (Å²) in [6.07, 6.45) is 0.748. The van der Waals surface area contributed by atoms with Crippen LogP contribution in [0.3, 0.4) is 0 Å². The number of hydrogen-bond donors (Lipinski definition) is 0. The van der Waals surface area contributed by atoms with Crippen LogP contribution < -0.4 is 0 Å². The highest BCUT2D eigenvalue weighted by molar-refractivity contribution is 14.1. The van der Waals surface area contributed by atoms with Gasteiger partial charge in [-0.15, -0.1) is 0 Å². The minimum absolute atomic E-state index is 0.146. The normalized spacial score (nSPS) is 21.0. The van der Waals surface area contributed by atoms with Crippen LogP contribution in [0.5, 0.6) is 0 Å². The van der Waals surface area contributed by atoms with Gasteiger partial charge in [0.25, 0.3) is 0 Å². The van der Waals surface area contributed by atoms with Crippen molar-refractivity contribution in [2.45, 2.75) is 13.3 Å². The molecular formula is C12H12INO2. The number of benzene rings is 1. The summed E-state index contributed by atoms with van der Waals surface area (Å²) in [5.74, 6) is -0.301. The van der Waals surface area contributed by atoms with Crippen LogP contribution in [0.2, 0.25) is 0 Å². The van der Waals surface area contributed by atoms with E-state index in [-0.39, 0.29) is 11.9 Å². The van der Waals surface area contributed by atoms with Crippen LogP contribution in [-0.2, 0) is 9.53 Å². The Morgan fingerprint density at radius 3 is 3.00 bits per heavy atom. The van der Waals surface area contributed by atoms with Crippen LogP contribution in [-0.4, -0.2) is 18.3 Å². The minimum Gasteiger partial charge on any atom is -0.465 e. The van der Waals surface area contributed by atoms with E-state index >= 15 is 0 Å². The molecule has 2 rings (SSSR count). The van der Waals surface area contributed by atoms with Crippen molar-refractivity contribution in [1.29, 1.82) is 0 Å². The molecular weight excluding hydrogens is 317 g/mol. The van der Waals surface area contributed by atoms with Crippen molar-refractivity contribution in [3.8, 4) is 0 Å². The molecule has 1 aromatic carbocycles. The molecule has 0 saturated carbocycles. The molecule has 0 aliphatic carbocycles. The molecule has 1 aliphatic rings. The summed E-state index contributed by atoms with van der Waals surface area (Å²) in [5, 5.41) is 0. The second-order valence-corrected chi connectivity index (χ2v) is 4.99. The summed E-state index contributed by atoms with van der Waals surface area (Å²) >= 11 is 2.24. The first kappa shape index (κ1) is 11.6. The summed E-state index contributed by atoms with van der Waals surface area (Å²) in [4.78, 5) is 15.8. The second-order valence-electron chi connectivity index (χ2n) is 3.74. The van der Waals surface area contributed by atoms with E-state index in [1.807, 2.05) is 31.2 Å². The maximum atomic E-state index is 11.4. The Morgan fingerprint density at radius 1 is 1.56 bits per heavy atom. The van der Waals surface area contributed by atoms with Gasteiger partial charge < -0.3 is 4.74 Å². The Bertz CT molecular complexity index is 442. The molecule has 16 heavy (non-hydrogen) atoms. The van der Waals surface area contributed by atoms with E-state index in [9.17, 15) is 4.79 Å². The van der Waals surface area contributed by atoms with E-state index < -0.39 is 0 Å². The smallest absolute Gasteiger partial charge is 0.314 e. The van der Waals surface area contributed by atoms with Crippen LogP contribution in [0.4, 0.5) is 5.69 Å². The lowest BCUT2D eigenvalue weighted by molar-refractivity contribution is -0.139. The third-order valence-corrected chi connectivity index (χ3v) is 3.22. The van der Waals surface area contributed by atoms with E-state index in [0.29, 0.717) is 6.61 Å². The van der Waals surface area contributed by atoms with Gasteiger partial charge in [-0.1, -0.05) is 6.07 Å². The first-order valence-corrected chi connectivity index (χ1v) is 6.22. The third-order valence-electron chi connectivity index (χ3n) is 2.55. The van der Waals surface area contributed by atoms with Crippen LogP contribution in [0.1, 0.15) is 13.3 Å². The molecule has 0 bridgehead atoms. The van der Waals surface area contributed by atoms with Crippen molar-refractivity contribution in [3.05, 3.63) is 27.8 Å². The van der Waals surface area contributed by atoms with Crippen molar-refractivity contribution < 1.29 is 9.53 Å². The fourth-order valence-electron chi connectivity index (χ4n) is 1.70. The van der Waals surface area contributed by atoms with Gasteiger partial charge in [-0.25, -0.2) is 0 Å². The van der Waals surface area contributed by atoms with Gasteiger partial charge in [-0.2, -0.15) is 0 Å². The van der Waals surface area contributed by atoms with Gasteiger partial charge in [0.05, 0.1) is 18.2 Å². The van der Waals surface area contributed by atoms with E-state index in [2.05, 4.69) is 27.6 Å². The number of esters is 1. The van der Waals surface area contributed by atoms with Gasteiger partial charge in [0.2, 0.25) is 0 Å². The zero-order valence-electron chi connectivity index (χ0n) is 8.94. The van der Waals surface area contributed by atoms with Gasteiger partial charge in [-0.3, -0.25) is 9.79 Å². The molecule has 3 nitrogen and oxygen atoms in total. The summed E-state index contributed by atoms with van der Waals surface area (Å²) in [7, 11) is 0. The SMILES string of the molecule is CC(=Nc1cccc(I)c1)C1CCOC1=O. The summed E-state index contributed by atoms with van der Waals surface area (Å²) in [6, 6.07) is 7.90. The largest absolute Gasteiger partial charge is 0.465 e. The first-order valence-electron chi connectivity index (χ1n) is 5.14. The standard InChI is InChI=1S/C12H12INO2/c1-8(11-5-6-16-12(11)15)14-10-4-2-3-9(13)7-10/h2-4,7,11H,5-6H2,1H3. The van der Waals surface area contributed by atoms with E-state index in [1.165, 1.54) is 0 Å². The lowest BCUT2D eigenvalue weighted by atomic mass is 10.0. The Balaban J connectivity index is 2.20. The zero-order valence-corrected chi connectivity index (χ0v) is 11.1. The molecule has 84 valence electrons. The first-order chi connectivity index (χ1) is 7.66. The van der Waals surface area contributed by atoms with Gasteiger partial charge >= 0.3 is 5.97 Å². The number of cyclic esters (lactones) is 1. The average molecular weight is 329 g/mol. The van der Waals surface area contributed by atoms with E-state index in [4.69, 9.17) is 4.74 Å². The number of ether oxygens (including phenoxy) is 1. The summed E-state index contributed by atoms with van der Waals surface area (Å²) in [5.41, 5.74) is 1.73. The number of rotatable bonds is 2. The maximum absolute atomic E-state index is 11.4. The van der Waals surface area contributed by atoms with Crippen molar-refractivity contribution in [3.63, 3.8) is 0 Å². The van der Waals surface area contributed by atoms with Gasteiger partial charge in [0, 0.05) is 15.7 Å². The van der Waals surface area contributed by atoms with E-state index in [0.717, 1.165) is 21.4 Å². The highest BCUT2D eigenvalue weighted by atomic mass is 127. The molecule has 1 atom stereocenters. The molecule has 1 heterocycles. The fourth-order valence-corrected chi connectivity index (χ4v) is 2.23. The number of carbonyl (C=O) groups excluding carboxylic acids is 1. The highest BCUT2D eigenvalue weighted by Crippen LogP contribution is 2.21. The van der Waals surface area contributed by atoms with Gasteiger partial charge in [-0.05, 0) is 47.7 Å². The molecule has 1 fully saturated rings. The third kappa shape index (κ3) is 2.61. The van der Waals surface area contributed by atoms with Gasteiger partial charge in [0.1, 0.15) is 0 Å². The quantitative estimate of drug-likeness (QED) is 0.475. The second kappa shape index (κ2) is 4.95. The fraction of sp³-hybridized carbons (Fsp3) is 0.333. The Kier molecular flexibility index (Phi) is 3.58. The van der Waals surface area contributed by atoms with Crippen LogP contribution >= 0.6 is 22.6 Å². The summed E-state index contributed by atoms with van der Waals surface area (Å²) < 4.78 is 6.07. The Labute approximate surface area is 108 Å². The maximum Gasteiger partial charge on any atom is 0.314 e. The minimum atomic E-state index is -0.155. The molecule has 4 heteroatoms. The topological polar surface area (TPSA) is 38.7 Å². The Hall–Kier alpha value is -0.910. The predicted octanol–water partition coefficient (Wildman–Crippen LogP) is 2.95. The van der Waals surface area contributed by atoms with Crippen LogP contribution in [0.15, 0.2) is 29.3 Å². The lowest BCUT2D eigenvalue weighted by Crippen LogP contribution is -2.16. The molecule has 1 saturated heterocycles. The van der Waals surface area contributed by atoms with E-state index in [1.54, 1.807) is 0 Å². The van der Waals surface area contributed by atoms with Crippen LogP contribution in [0.25, 0.3) is 0 Å². The number of hydrogen-bond acceptors (Lipinski definition) is 3. The summed E-state index contributed by atoms with van der Waals surface area (Å²) in [6.45, 7) is 2.40. The van der Waals surface area contributed by atoms with Crippen molar-refractivity contribution in [1.82, 2.24) is 0 Å². The average Bonchev–Trinajstić information content (AvgIpc) is 2.64. The monoisotopic (exact) mass is 329 g/mol. The predicted molar refractivity (Wildman–Crippen MR) is 71.0 cm³/mol. The molecule has 0 radical (unpaired) electrons. The molecule has 0 spiro atoms. The van der Waals surface area contributed by atoms with Crippen molar-refractivity contribution >= 4 is 40.0 Å². The molecule has 0 amide bonds. The van der Waals surface area contributed by atoms with Crippen LogP contribution in [0, 0.1) is 9.49 Å². The molecule has 1 aliphatic heterocycles. The van der Waals surface area contributed by atoms with Gasteiger partial charge in [0.15, 0.2) is 0 Å².